The molecule has 2 N–H and O–H groups in total. The van der Waals surface area contributed by atoms with Crippen molar-refractivity contribution in [3.8, 4) is 11.3 Å². The van der Waals surface area contributed by atoms with E-state index in [1.807, 2.05) is 61.5 Å². The molecule has 1 heterocycles. The monoisotopic (exact) mass is 484 g/mol. The molecule has 2 amide bonds. The van der Waals surface area contributed by atoms with Crippen LogP contribution in [0.2, 0.25) is 0 Å². The van der Waals surface area contributed by atoms with Gasteiger partial charge in [0.25, 0.3) is 5.91 Å². The molecule has 4 rings (SSSR count). The van der Waals surface area contributed by atoms with Crippen LogP contribution in [0.1, 0.15) is 21.5 Å². The average Bonchev–Trinajstić information content (AvgIpc) is 3.29. The number of ether oxygens (including phenoxy) is 2. The number of benzene rings is 3. The van der Waals surface area contributed by atoms with Gasteiger partial charge in [-0.05, 0) is 30.7 Å². The normalized spacial score (nSPS) is 10.6. The second-order valence-electron chi connectivity index (χ2n) is 8.23. The maximum Gasteiger partial charge on any atom is 0.411 e. The van der Waals surface area contributed by atoms with Gasteiger partial charge in [0.2, 0.25) is 0 Å². The number of amides is 2. The Morgan fingerprint density at radius 3 is 2.33 bits per heavy atom. The van der Waals surface area contributed by atoms with Crippen LogP contribution >= 0.6 is 0 Å². The van der Waals surface area contributed by atoms with E-state index in [2.05, 4.69) is 10.6 Å². The van der Waals surface area contributed by atoms with Gasteiger partial charge in [-0.15, -0.1) is 0 Å². The predicted molar refractivity (Wildman–Crippen MR) is 139 cm³/mol. The third-order valence-corrected chi connectivity index (χ3v) is 5.41. The molecule has 0 aliphatic carbocycles. The Kier molecular flexibility index (Phi) is 8.10. The molecule has 0 unspecified atom stereocenters. The number of carbonyl (C=O) groups excluding carboxylic acids is 2. The number of methoxy groups -OCH3 is 1. The molecule has 0 aliphatic rings. The van der Waals surface area contributed by atoms with Crippen molar-refractivity contribution in [1.29, 1.82) is 0 Å². The molecule has 184 valence electrons. The molecule has 36 heavy (non-hydrogen) atoms. The number of hydrogen-bond donors (Lipinski definition) is 2. The minimum Gasteiger partial charge on any atom is -0.447 e. The summed E-state index contributed by atoms with van der Waals surface area (Å²) in [7, 11) is 1.53. The van der Waals surface area contributed by atoms with Crippen molar-refractivity contribution in [2.45, 2.75) is 13.5 Å². The smallest absolute Gasteiger partial charge is 0.411 e. The van der Waals surface area contributed by atoms with Crippen LogP contribution in [0.3, 0.4) is 0 Å². The lowest BCUT2D eigenvalue weighted by molar-refractivity contribution is 0.102. The van der Waals surface area contributed by atoms with Gasteiger partial charge in [0.15, 0.2) is 0 Å². The number of aryl methyl sites for hydroxylation is 1. The van der Waals surface area contributed by atoms with E-state index in [4.69, 9.17) is 14.6 Å². The maximum atomic E-state index is 13.4. The zero-order chi connectivity index (χ0) is 25.3. The van der Waals surface area contributed by atoms with Crippen LogP contribution in [0.4, 0.5) is 16.2 Å². The summed E-state index contributed by atoms with van der Waals surface area (Å²) in [6.07, 6.45) is 1.16. The van der Waals surface area contributed by atoms with E-state index in [1.165, 1.54) is 7.11 Å². The van der Waals surface area contributed by atoms with Crippen molar-refractivity contribution in [2.75, 3.05) is 31.0 Å². The van der Waals surface area contributed by atoms with E-state index in [9.17, 15) is 9.59 Å². The van der Waals surface area contributed by atoms with Gasteiger partial charge >= 0.3 is 6.09 Å². The highest BCUT2D eigenvalue weighted by Crippen LogP contribution is 2.25. The highest BCUT2D eigenvalue weighted by molar-refractivity contribution is 6.08. The predicted octanol–water partition coefficient (Wildman–Crippen LogP) is 5.35. The van der Waals surface area contributed by atoms with Gasteiger partial charge in [-0.3, -0.25) is 14.8 Å². The summed E-state index contributed by atoms with van der Waals surface area (Å²) in [5.41, 5.74) is 5.13. The van der Waals surface area contributed by atoms with Crippen molar-refractivity contribution < 1.29 is 19.1 Å². The Labute approximate surface area is 209 Å². The summed E-state index contributed by atoms with van der Waals surface area (Å²) in [6.45, 7) is 3.01. The molecule has 0 saturated carbocycles. The van der Waals surface area contributed by atoms with Crippen LogP contribution in [0.15, 0.2) is 85.1 Å². The Hall–Kier alpha value is -4.43. The summed E-state index contributed by atoms with van der Waals surface area (Å²) in [5.74, 6) is -0.301. The lowest BCUT2D eigenvalue weighted by Gasteiger charge is -2.09. The Balaban J connectivity index is 1.55. The van der Waals surface area contributed by atoms with Crippen LogP contribution < -0.4 is 10.6 Å². The molecule has 8 nitrogen and oxygen atoms in total. The van der Waals surface area contributed by atoms with E-state index in [0.717, 1.165) is 16.7 Å². The Morgan fingerprint density at radius 1 is 0.889 bits per heavy atom. The highest BCUT2D eigenvalue weighted by Gasteiger charge is 2.19. The standard InChI is InChI=1S/C28H28N4O4/c1-20-11-13-22(14-12-20)26-25(19-32(31-26)18-21-7-4-3-5-8-21)27(33)29-23-9-6-10-24(17-23)30-28(34)36-16-15-35-2/h3-14,17,19H,15-16,18H2,1-2H3,(H,29,33)(H,30,34). The molecule has 0 aliphatic heterocycles. The minimum absolute atomic E-state index is 0.146. The van der Waals surface area contributed by atoms with Crippen LogP contribution in [-0.2, 0) is 16.0 Å². The molecule has 4 aromatic rings. The van der Waals surface area contributed by atoms with Gasteiger partial charge in [0.05, 0.1) is 18.7 Å². The van der Waals surface area contributed by atoms with Gasteiger partial charge in [-0.1, -0.05) is 66.2 Å². The molecule has 0 fully saturated rings. The summed E-state index contributed by atoms with van der Waals surface area (Å²) >= 11 is 0. The first kappa shape index (κ1) is 24.7. The zero-order valence-electron chi connectivity index (χ0n) is 20.2. The summed E-state index contributed by atoms with van der Waals surface area (Å²) in [5, 5.41) is 10.3. The molecule has 0 saturated heterocycles. The number of anilines is 2. The number of aromatic nitrogens is 2. The topological polar surface area (TPSA) is 94.5 Å². The molecule has 0 bridgehead atoms. The van der Waals surface area contributed by atoms with Gasteiger partial charge in [-0.25, -0.2) is 4.79 Å². The summed E-state index contributed by atoms with van der Waals surface area (Å²) < 4.78 is 11.7. The molecule has 0 radical (unpaired) electrons. The third kappa shape index (κ3) is 6.58. The van der Waals surface area contributed by atoms with E-state index in [-0.39, 0.29) is 12.5 Å². The van der Waals surface area contributed by atoms with Crippen molar-refractivity contribution in [2.24, 2.45) is 0 Å². The van der Waals surface area contributed by atoms with Crippen molar-refractivity contribution in [3.63, 3.8) is 0 Å². The summed E-state index contributed by atoms with van der Waals surface area (Å²) in [6, 6.07) is 24.7. The SMILES string of the molecule is COCCOC(=O)Nc1cccc(NC(=O)c2cn(Cc3ccccc3)nc2-c2ccc(C)cc2)c1. The number of nitrogens with zero attached hydrogens (tertiary/aromatic N) is 2. The van der Waals surface area contributed by atoms with Crippen molar-refractivity contribution in [3.05, 3.63) is 102 Å². The zero-order valence-corrected chi connectivity index (χ0v) is 20.2. The number of carbonyl (C=O) groups is 2. The Bertz CT molecular complexity index is 1320. The molecule has 1 aromatic heterocycles. The average molecular weight is 485 g/mol. The van der Waals surface area contributed by atoms with E-state index in [0.29, 0.717) is 35.8 Å². The molecular weight excluding hydrogens is 456 g/mol. The summed E-state index contributed by atoms with van der Waals surface area (Å²) in [4.78, 5) is 25.3. The molecule has 0 atom stereocenters. The van der Waals surface area contributed by atoms with Crippen LogP contribution in [0.5, 0.6) is 0 Å². The highest BCUT2D eigenvalue weighted by atomic mass is 16.6. The van der Waals surface area contributed by atoms with Crippen molar-refractivity contribution >= 4 is 23.4 Å². The molecular formula is C28H28N4O4. The number of rotatable bonds is 9. The van der Waals surface area contributed by atoms with E-state index in [1.54, 1.807) is 35.1 Å². The van der Waals surface area contributed by atoms with Crippen LogP contribution in [-0.4, -0.2) is 42.1 Å². The Morgan fingerprint density at radius 2 is 1.61 bits per heavy atom. The quantitative estimate of drug-likeness (QED) is 0.312. The van der Waals surface area contributed by atoms with E-state index >= 15 is 0 Å². The molecule has 3 aromatic carbocycles. The lowest BCUT2D eigenvalue weighted by atomic mass is 10.1. The first-order valence-corrected chi connectivity index (χ1v) is 11.5. The van der Waals surface area contributed by atoms with Gasteiger partial charge in [0, 0.05) is 30.2 Å². The fourth-order valence-electron chi connectivity index (χ4n) is 3.61. The fourth-order valence-corrected chi connectivity index (χ4v) is 3.61. The minimum atomic E-state index is -0.598. The first-order chi connectivity index (χ1) is 17.5. The van der Waals surface area contributed by atoms with E-state index < -0.39 is 6.09 Å². The number of nitrogens with one attached hydrogen (secondary N) is 2. The third-order valence-electron chi connectivity index (χ3n) is 5.41. The van der Waals surface area contributed by atoms with Gasteiger partial charge < -0.3 is 14.8 Å². The molecule has 8 heteroatoms. The van der Waals surface area contributed by atoms with Crippen LogP contribution in [0.25, 0.3) is 11.3 Å². The van der Waals surface area contributed by atoms with Gasteiger partial charge in [-0.2, -0.15) is 5.10 Å². The second-order valence-corrected chi connectivity index (χ2v) is 8.23. The fraction of sp³-hybridized carbons (Fsp3) is 0.179. The van der Waals surface area contributed by atoms with Crippen molar-refractivity contribution in [1.82, 2.24) is 9.78 Å². The molecule has 0 spiro atoms. The number of hydrogen-bond acceptors (Lipinski definition) is 5. The van der Waals surface area contributed by atoms with Crippen LogP contribution in [0, 0.1) is 6.92 Å². The first-order valence-electron chi connectivity index (χ1n) is 11.5. The second kappa shape index (κ2) is 11.8. The van der Waals surface area contributed by atoms with Gasteiger partial charge in [0.1, 0.15) is 12.3 Å². The maximum absolute atomic E-state index is 13.4. The largest absolute Gasteiger partial charge is 0.447 e. The lowest BCUT2D eigenvalue weighted by Crippen LogP contribution is -2.17.